The molecule has 0 aliphatic heterocycles. The molecular weight excluding hydrogens is 340 g/mol. The summed E-state index contributed by atoms with van der Waals surface area (Å²) in [5.74, 6) is -0.136. The summed E-state index contributed by atoms with van der Waals surface area (Å²) in [5.41, 5.74) is 0.953. The van der Waals surface area contributed by atoms with Crippen LogP contribution in [-0.4, -0.2) is 11.8 Å². The molecule has 0 bridgehead atoms. The highest BCUT2D eigenvalue weighted by Gasteiger charge is 2.23. The van der Waals surface area contributed by atoms with Crippen LogP contribution < -0.4 is 10.6 Å². The molecule has 0 radical (unpaired) electrons. The molecule has 0 aliphatic rings. The van der Waals surface area contributed by atoms with Crippen molar-refractivity contribution in [1.29, 1.82) is 0 Å². The van der Waals surface area contributed by atoms with Crippen LogP contribution in [0.3, 0.4) is 0 Å². The van der Waals surface area contributed by atoms with Gasteiger partial charge in [-0.05, 0) is 41.7 Å². The summed E-state index contributed by atoms with van der Waals surface area (Å²) in [5, 5.41) is 6.01. The summed E-state index contributed by atoms with van der Waals surface area (Å²) >= 11 is 6.02. The molecule has 1 aromatic carbocycles. The van der Waals surface area contributed by atoms with Crippen LogP contribution >= 0.6 is 11.6 Å². The summed E-state index contributed by atoms with van der Waals surface area (Å²) in [7, 11) is 0. The molecule has 2 amide bonds. The van der Waals surface area contributed by atoms with Gasteiger partial charge in [-0.25, -0.2) is 0 Å². The molecule has 134 valence electrons. The average Bonchev–Trinajstić information content (AvgIpc) is 3.03. The Labute approximate surface area is 152 Å². The second-order valence-electron chi connectivity index (χ2n) is 7.14. The highest BCUT2D eigenvalue weighted by atomic mass is 35.5. The first-order chi connectivity index (χ1) is 11.7. The van der Waals surface area contributed by atoms with Crippen molar-refractivity contribution >= 4 is 34.8 Å². The molecule has 25 heavy (non-hydrogen) atoms. The molecule has 0 saturated heterocycles. The van der Waals surface area contributed by atoms with Crippen LogP contribution in [0.1, 0.15) is 44.7 Å². The van der Waals surface area contributed by atoms with E-state index in [-0.39, 0.29) is 23.0 Å². The quantitative estimate of drug-likeness (QED) is 0.768. The summed E-state index contributed by atoms with van der Waals surface area (Å²) < 4.78 is 5.08. The van der Waals surface area contributed by atoms with Crippen LogP contribution in [0.2, 0.25) is 5.02 Å². The summed E-state index contributed by atoms with van der Waals surface area (Å²) in [6.07, 6.45) is 1.81. The third kappa shape index (κ3) is 5.36. The maximum absolute atomic E-state index is 12.3. The van der Waals surface area contributed by atoms with E-state index in [9.17, 15) is 9.59 Å². The van der Waals surface area contributed by atoms with Gasteiger partial charge in [0, 0.05) is 11.4 Å². The van der Waals surface area contributed by atoms with Gasteiger partial charge in [-0.3, -0.25) is 9.59 Å². The Kier molecular flexibility index (Phi) is 5.90. The zero-order valence-corrected chi connectivity index (χ0v) is 15.6. The van der Waals surface area contributed by atoms with Crippen LogP contribution in [0.15, 0.2) is 41.0 Å². The number of carbonyl (C=O) groups excluding carboxylic acids is 2. The number of hydrogen-bond acceptors (Lipinski definition) is 3. The molecule has 5 nitrogen and oxygen atoms in total. The molecule has 1 unspecified atom stereocenters. The number of furan rings is 1. The first kappa shape index (κ1) is 19.1. The van der Waals surface area contributed by atoms with Crippen molar-refractivity contribution in [3.05, 3.63) is 47.4 Å². The molecule has 6 heteroatoms. The van der Waals surface area contributed by atoms with E-state index in [4.69, 9.17) is 16.0 Å². The van der Waals surface area contributed by atoms with Gasteiger partial charge in [0.15, 0.2) is 5.76 Å². The van der Waals surface area contributed by atoms with E-state index in [1.165, 1.54) is 6.26 Å². The fourth-order valence-corrected chi connectivity index (χ4v) is 2.28. The van der Waals surface area contributed by atoms with Gasteiger partial charge < -0.3 is 15.1 Å². The zero-order chi connectivity index (χ0) is 18.6. The molecule has 0 saturated carbocycles. The number of amides is 2. The van der Waals surface area contributed by atoms with Crippen molar-refractivity contribution in [1.82, 2.24) is 0 Å². The normalized spacial score (nSPS) is 12.5. The first-order valence-electron chi connectivity index (χ1n) is 8.11. The van der Waals surface area contributed by atoms with Crippen molar-refractivity contribution < 1.29 is 14.0 Å². The molecule has 1 aromatic heterocycles. The van der Waals surface area contributed by atoms with Crippen molar-refractivity contribution in [2.75, 3.05) is 10.6 Å². The Morgan fingerprint density at radius 1 is 1.16 bits per heavy atom. The van der Waals surface area contributed by atoms with Gasteiger partial charge in [-0.1, -0.05) is 39.3 Å². The average molecular weight is 363 g/mol. The third-order valence-electron chi connectivity index (χ3n) is 4.22. The largest absolute Gasteiger partial charge is 0.459 e. The molecule has 2 N–H and O–H groups in total. The van der Waals surface area contributed by atoms with Gasteiger partial charge >= 0.3 is 0 Å². The summed E-state index contributed by atoms with van der Waals surface area (Å²) in [4.78, 5) is 24.5. The van der Waals surface area contributed by atoms with Crippen LogP contribution in [0.25, 0.3) is 0 Å². The minimum Gasteiger partial charge on any atom is -0.459 e. The summed E-state index contributed by atoms with van der Waals surface area (Å²) in [6, 6.07) is 8.10. The number of halogens is 1. The van der Waals surface area contributed by atoms with Crippen LogP contribution in [0, 0.1) is 11.3 Å². The molecule has 0 fully saturated rings. The lowest BCUT2D eigenvalue weighted by molar-refractivity contribution is -0.117. The van der Waals surface area contributed by atoms with E-state index >= 15 is 0 Å². The fraction of sp³-hybridized carbons (Fsp3) is 0.368. The predicted molar refractivity (Wildman–Crippen MR) is 100.0 cm³/mol. The van der Waals surface area contributed by atoms with Crippen molar-refractivity contribution in [3.63, 3.8) is 0 Å². The minimum absolute atomic E-state index is 0.0354. The summed E-state index contributed by atoms with van der Waals surface area (Å²) in [6.45, 7) is 8.34. The van der Waals surface area contributed by atoms with Crippen LogP contribution in [0.4, 0.5) is 11.4 Å². The van der Waals surface area contributed by atoms with Gasteiger partial charge in [0.1, 0.15) is 0 Å². The van der Waals surface area contributed by atoms with Gasteiger partial charge in [0.25, 0.3) is 5.91 Å². The lowest BCUT2D eigenvalue weighted by Gasteiger charge is -2.26. The van der Waals surface area contributed by atoms with Crippen molar-refractivity contribution in [2.45, 2.75) is 34.1 Å². The van der Waals surface area contributed by atoms with Crippen molar-refractivity contribution in [2.24, 2.45) is 11.3 Å². The Hall–Kier alpha value is -2.27. The topological polar surface area (TPSA) is 71.3 Å². The highest BCUT2D eigenvalue weighted by Crippen LogP contribution is 2.30. The maximum atomic E-state index is 12.3. The van der Waals surface area contributed by atoms with E-state index in [2.05, 4.69) is 31.4 Å². The monoisotopic (exact) mass is 362 g/mol. The lowest BCUT2D eigenvalue weighted by Crippen LogP contribution is -2.24. The molecule has 0 aliphatic carbocycles. The third-order valence-corrected chi connectivity index (χ3v) is 4.45. The van der Waals surface area contributed by atoms with Crippen LogP contribution in [0.5, 0.6) is 0 Å². The van der Waals surface area contributed by atoms with Gasteiger partial charge in [-0.15, -0.1) is 0 Å². The minimum atomic E-state index is -0.411. The Balaban J connectivity index is 2.13. The molecule has 1 heterocycles. The Bertz CT molecular complexity index is 749. The van der Waals surface area contributed by atoms with Gasteiger partial charge in [-0.2, -0.15) is 0 Å². The smallest absolute Gasteiger partial charge is 0.291 e. The van der Waals surface area contributed by atoms with E-state index in [1.54, 1.807) is 30.3 Å². The Morgan fingerprint density at radius 3 is 2.48 bits per heavy atom. The number of benzene rings is 1. The van der Waals surface area contributed by atoms with Crippen LogP contribution in [-0.2, 0) is 4.79 Å². The first-order valence-corrected chi connectivity index (χ1v) is 8.49. The molecule has 0 spiro atoms. The Morgan fingerprint density at radius 2 is 1.88 bits per heavy atom. The number of carbonyl (C=O) groups is 2. The maximum Gasteiger partial charge on any atom is 0.291 e. The standard InChI is InChI=1S/C19H23ClN2O3/c1-12(19(2,3)4)10-17(23)21-14-8-7-13(20)11-15(14)22-18(24)16-6-5-9-25-16/h5-9,11-12H,10H2,1-4H3,(H,21,23)(H,22,24). The SMILES string of the molecule is CC(CC(=O)Nc1ccc(Cl)cc1NC(=O)c1ccco1)C(C)(C)C. The van der Waals surface area contributed by atoms with E-state index in [0.29, 0.717) is 22.8 Å². The van der Waals surface area contributed by atoms with E-state index in [1.807, 2.05) is 6.92 Å². The number of rotatable bonds is 5. The van der Waals surface area contributed by atoms with E-state index in [0.717, 1.165) is 0 Å². The number of hydrogen-bond donors (Lipinski definition) is 2. The highest BCUT2D eigenvalue weighted by molar-refractivity contribution is 6.31. The number of anilines is 2. The predicted octanol–water partition coefficient (Wildman–Crippen LogP) is 5.20. The fourth-order valence-electron chi connectivity index (χ4n) is 2.11. The molecule has 2 rings (SSSR count). The second-order valence-corrected chi connectivity index (χ2v) is 7.58. The molecule has 2 aromatic rings. The zero-order valence-electron chi connectivity index (χ0n) is 14.9. The number of nitrogens with one attached hydrogen (secondary N) is 2. The van der Waals surface area contributed by atoms with Gasteiger partial charge in [0.2, 0.25) is 5.91 Å². The van der Waals surface area contributed by atoms with E-state index < -0.39 is 5.91 Å². The van der Waals surface area contributed by atoms with Gasteiger partial charge in [0.05, 0.1) is 17.6 Å². The molecular formula is C19H23ClN2O3. The lowest BCUT2D eigenvalue weighted by atomic mass is 9.80. The molecule has 1 atom stereocenters. The van der Waals surface area contributed by atoms with Crippen molar-refractivity contribution in [3.8, 4) is 0 Å². The second kappa shape index (κ2) is 7.74.